The van der Waals surface area contributed by atoms with Crippen molar-refractivity contribution in [2.24, 2.45) is 5.92 Å². The van der Waals surface area contributed by atoms with Crippen LogP contribution in [0.2, 0.25) is 0 Å². The molecule has 0 radical (unpaired) electrons. The molecule has 0 aliphatic carbocycles. The molecule has 2 rings (SSSR count). The van der Waals surface area contributed by atoms with Crippen molar-refractivity contribution in [3.05, 3.63) is 0 Å². The fourth-order valence-corrected chi connectivity index (χ4v) is 3.73. The van der Waals surface area contributed by atoms with Gasteiger partial charge in [0.25, 0.3) is 0 Å². The van der Waals surface area contributed by atoms with E-state index in [1.54, 1.807) is 7.11 Å². The van der Waals surface area contributed by atoms with Crippen molar-refractivity contribution < 1.29 is 4.74 Å². The Morgan fingerprint density at radius 3 is 2.74 bits per heavy atom. The maximum Gasteiger partial charge on any atom is 0.0462 e. The highest BCUT2D eigenvalue weighted by Crippen LogP contribution is 2.27. The number of methoxy groups -OCH3 is 1. The molecule has 3 heteroatoms. The van der Waals surface area contributed by atoms with Crippen LogP contribution in [0, 0.1) is 5.92 Å². The van der Waals surface area contributed by atoms with Gasteiger partial charge < -0.3 is 4.74 Å². The van der Waals surface area contributed by atoms with Crippen LogP contribution >= 0.6 is 0 Å². The highest BCUT2D eigenvalue weighted by atomic mass is 16.5. The van der Waals surface area contributed by atoms with Gasteiger partial charge in [0.1, 0.15) is 0 Å². The third-order valence-electron chi connectivity index (χ3n) is 4.90. The van der Waals surface area contributed by atoms with E-state index in [1.807, 2.05) is 0 Å². The Morgan fingerprint density at radius 2 is 2.00 bits per heavy atom. The van der Waals surface area contributed by atoms with Crippen LogP contribution in [0.3, 0.4) is 0 Å². The van der Waals surface area contributed by atoms with Crippen molar-refractivity contribution in [2.75, 3.05) is 39.9 Å². The molecule has 112 valence electrons. The summed E-state index contributed by atoms with van der Waals surface area (Å²) in [7, 11) is 1.80. The van der Waals surface area contributed by atoms with Crippen molar-refractivity contribution in [3.63, 3.8) is 0 Å². The number of piperazine rings is 1. The van der Waals surface area contributed by atoms with Crippen LogP contribution in [-0.4, -0.2) is 61.8 Å². The predicted octanol–water partition coefficient (Wildman–Crippen LogP) is 2.61. The molecule has 2 unspecified atom stereocenters. The van der Waals surface area contributed by atoms with Crippen molar-refractivity contribution in [2.45, 2.75) is 58.0 Å². The Labute approximate surface area is 119 Å². The van der Waals surface area contributed by atoms with Gasteiger partial charge in [-0.15, -0.1) is 0 Å². The number of fused-ring (bicyclic) bond motifs is 1. The molecule has 2 heterocycles. The number of ether oxygens (including phenoxy) is 1. The minimum atomic E-state index is 0.775. The third kappa shape index (κ3) is 4.17. The van der Waals surface area contributed by atoms with Crippen LogP contribution in [0.4, 0.5) is 0 Å². The van der Waals surface area contributed by atoms with E-state index in [0.717, 1.165) is 24.6 Å². The van der Waals surface area contributed by atoms with E-state index in [2.05, 4.69) is 23.6 Å². The lowest BCUT2D eigenvalue weighted by Crippen LogP contribution is -2.57. The molecular formula is C16H32N2O. The van der Waals surface area contributed by atoms with Gasteiger partial charge in [-0.3, -0.25) is 9.80 Å². The summed E-state index contributed by atoms with van der Waals surface area (Å²) >= 11 is 0. The number of rotatable bonds is 7. The second-order valence-electron chi connectivity index (χ2n) is 6.65. The monoisotopic (exact) mass is 268 g/mol. The fraction of sp³-hybridized carbons (Fsp3) is 1.00. The molecule has 2 atom stereocenters. The minimum Gasteiger partial charge on any atom is -0.385 e. The summed E-state index contributed by atoms with van der Waals surface area (Å²) in [6.45, 7) is 10.9. The van der Waals surface area contributed by atoms with Gasteiger partial charge in [0.2, 0.25) is 0 Å². The molecule has 0 saturated carbocycles. The zero-order chi connectivity index (χ0) is 13.7. The van der Waals surface area contributed by atoms with Crippen molar-refractivity contribution >= 4 is 0 Å². The topological polar surface area (TPSA) is 15.7 Å². The summed E-state index contributed by atoms with van der Waals surface area (Å²) in [5, 5.41) is 0. The van der Waals surface area contributed by atoms with Gasteiger partial charge >= 0.3 is 0 Å². The van der Waals surface area contributed by atoms with Crippen LogP contribution in [0.5, 0.6) is 0 Å². The molecule has 0 bridgehead atoms. The zero-order valence-corrected chi connectivity index (χ0v) is 13.1. The molecule has 0 N–H and O–H groups in total. The van der Waals surface area contributed by atoms with E-state index >= 15 is 0 Å². The second-order valence-corrected chi connectivity index (χ2v) is 6.65. The quantitative estimate of drug-likeness (QED) is 0.660. The minimum absolute atomic E-state index is 0.775. The molecule has 2 aliphatic rings. The molecule has 2 aliphatic heterocycles. The maximum atomic E-state index is 5.13. The van der Waals surface area contributed by atoms with Gasteiger partial charge in [-0.25, -0.2) is 0 Å². The Balaban J connectivity index is 1.78. The second kappa shape index (κ2) is 7.61. The van der Waals surface area contributed by atoms with Gasteiger partial charge in [-0.05, 0) is 51.1 Å². The largest absolute Gasteiger partial charge is 0.385 e. The molecule has 0 aromatic carbocycles. The van der Waals surface area contributed by atoms with Crippen LogP contribution in [-0.2, 0) is 4.74 Å². The van der Waals surface area contributed by atoms with Crippen LogP contribution in [0.15, 0.2) is 0 Å². The smallest absolute Gasteiger partial charge is 0.0462 e. The first kappa shape index (κ1) is 15.3. The first-order valence-corrected chi connectivity index (χ1v) is 8.19. The molecule has 0 aromatic heterocycles. The van der Waals surface area contributed by atoms with Crippen LogP contribution in [0.1, 0.15) is 46.0 Å². The standard InChI is InChI=1S/C16H32N2O/c1-14(2)16-13-17-10-7-8-15(17)12-18(16)9-5-4-6-11-19-3/h14-16H,4-13H2,1-3H3. The van der Waals surface area contributed by atoms with Gasteiger partial charge in [0, 0.05) is 38.9 Å². The van der Waals surface area contributed by atoms with E-state index in [-0.39, 0.29) is 0 Å². The first-order chi connectivity index (χ1) is 9.22. The van der Waals surface area contributed by atoms with Gasteiger partial charge in [-0.1, -0.05) is 13.8 Å². The summed E-state index contributed by atoms with van der Waals surface area (Å²) in [6.07, 6.45) is 6.69. The van der Waals surface area contributed by atoms with E-state index in [1.165, 1.54) is 58.3 Å². The summed E-state index contributed by atoms with van der Waals surface area (Å²) in [5.41, 5.74) is 0. The number of hydrogen-bond donors (Lipinski definition) is 0. The number of unbranched alkanes of at least 4 members (excludes halogenated alkanes) is 2. The van der Waals surface area contributed by atoms with Crippen LogP contribution < -0.4 is 0 Å². The van der Waals surface area contributed by atoms with Gasteiger partial charge in [-0.2, -0.15) is 0 Å². The molecular weight excluding hydrogens is 236 g/mol. The van der Waals surface area contributed by atoms with Gasteiger partial charge in [0.15, 0.2) is 0 Å². The van der Waals surface area contributed by atoms with E-state index < -0.39 is 0 Å². The highest BCUT2D eigenvalue weighted by Gasteiger charge is 2.36. The molecule has 0 spiro atoms. The lowest BCUT2D eigenvalue weighted by molar-refractivity contribution is 0.0280. The summed E-state index contributed by atoms with van der Waals surface area (Å²) < 4.78 is 5.13. The van der Waals surface area contributed by atoms with Crippen molar-refractivity contribution in [1.82, 2.24) is 9.80 Å². The normalized spacial score (nSPS) is 29.1. The molecule has 2 saturated heterocycles. The van der Waals surface area contributed by atoms with E-state index in [4.69, 9.17) is 4.74 Å². The molecule has 0 amide bonds. The Morgan fingerprint density at radius 1 is 1.16 bits per heavy atom. The van der Waals surface area contributed by atoms with Crippen molar-refractivity contribution in [3.8, 4) is 0 Å². The summed E-state index contributed by atoms with van der Waals surface area (Å²) in [5.74, 6) is 0.778. The highest BCUT2D eigenvalue weighted by molar-refractivity contribution is 4.93. The van der Waals surface area contributed by atoms with Crippen molar-refractivity contribution in [1.29, 1.82) is 0 Å². The number of nitrogens with zero attached hydrogens (tertiary/aromatic N) is 2. The molecule has 19 heavy (non-hydrogen) atoms. The molecule has 0 aromatic rings. The maximum absolute atomic E-state index is 5.13. The van der Waals surface area contributed by atoms with E-state index in [9.17, 15) is 0 Å². The summed E-state index contributed by atoms with van der Waals surface area (Å²) in [4.78, 5) is 5.52. The Hall–Kier alpha value is -0.120. The first-order valence-electron chi connectivity index (χ1n) is 8.19. The Bertz CT molecular complexity index is 257. The summed E-state index contributed by atoms with van der Waals surface area (Å²) in [6, 6.07) is 1.63. The predicted molar refractivity (Wildman–Crippen MR) is 80.5 cm³/mol. The number of hydrogen-bond acceptors (Lipinski definition) is 3. The van der Waals surface area contributed by atoms with Gasteiger partial charge in [0.05, 0.1) is 0 Å². The van der Waals surface area contributed by atoms with E-state index in [0.29, 0.717) is 0 Å². The zero-order valence-electron chi connectivity index (χ0n) is 13.1. The SMILES string of the molecule is COCCCCCN1CC2CCCN2CC1C(C)C. The van der Waals surface area contributed by atoms with Crippen LogP contribution in [0.25, 0.3) is 0 Å². The molecule has 3 nitrogen and oxygen atoms in total. The third-order valence-corrected chi connectivity index (χ3v) is 4.90. The Kier molecular flexibility index (Phi) is 6.11. The lowest BCUT2D eigenvalue weighted by Gasteiger charge is -2.45. The lowest BCUT2D eigenvalue weighted by atomic mass is 9.97. The average Bonchev–Trinajstić information content (AvgIpc) is 2.84. The fourth-order valence-electron chi connectivity index (χ4n) is 3.73. The average molecular weight is 268 g/mol. The molecule has 2 fully saturated rings.